The molecule has 15 fully saturated rings. The van der Waals surface area contributed by atoms with Crippen molar-refractivity contribution in [2.75, 3.05) is 13.4 Å². The summed E-state index contributed by atoms with van der Waals surface area (Å²) in [6, 6.07) is 0. The third-order valence-corrected chi connectivity index (χ3v) is 22.6. The molecule has 21 heteroatoms. The van der Waals surface area contributed by atoms with E-state index in [0.717, 1.165) is 30.4 Å². The lowest BCUT2D eigenvalue weighted by Crippen LogP contribution is -2.65. The fourth-order valence-corrected chi connectivity index (χ4v) is 18.6. The number of ether oxygens (including phenoxy) is 16. The lowest BCUT2D eigenvalue weighted by molar-refractivity contribution is -0.369. The number of carbonyl (C=O) groups excluding carboxylic acids is 1. The number of hydrogen-bond acceptors (Lipinski definition) is 21. The lowest BCUT2D eigenvalue weighted by atomic mass is 9.78. The molecule has 0 aromatic rings. The Hall–Kier alpha value is -1.81. The van der Waals surface area contributed by atoms with Gasteiger partial charge < -0.3 is 96.2 Å². The Labute approximate surface area is 486 Å². The van der Waals surface area contributed by atoms with Gasteiger partial charge in [0.2, 0.25) is 0 Å². The highest BCUT2D eigenvalue weighted by molar-refractivity contribution is 5.70. The zero-order valence-electron chi connectivity index (χ0n) is 48.6. The molecule has 83 heavy (non-hydrogen) atoms. The predicted molar refractivity (Wildman–Crippen MR) is 286 cm³/mol. The van der Waals surface area contributed by atoms with Crippen molar-refractivity contribution in [2.45, 2.75) is 319 Å². The van der Waals surface area contributed by atoms with Gasteiger partial charge in [0, 0.05) is 70.1 Å². The van der Waals surface area contributed by atoms with E-state index in [1.165, 1.54) is 0 Å². The first kappa shape index (κ1) is 57.6. The van der Waals surface area contributed by atoms with Crippen LogP contribution in [0.5, 0.6) is 0 Å². The van der Waals surface area contributed by atoms with E-state index in [2.05, 4.69) is 40.9 Å². The van der Waals surface area contributed by atoms with Crippen molar-refractivity contribution in [2.24, 2.45) is 23.7 Å². The summed E-state index contributed by atoms with van der Waals surface area (Å²) in [7, 11) is 0. The average molecular weight is 1170 g/mol. The molecular weight excluding hydrogens is 1080 g/mol. The van der Waals surface area contributed by atoms with Crippen LogP contribution in [-0.4, -0.2) is 216 Å². The third kappa shape index (κ3) is 10.2. The summed E-state index contributed by atoms with van der Waals surface area (Å²) in [5, 5.41) is 42.0. The Balaban J connectivity index is 0.660. The number of aliphatic hydroxyl groups excluding tert-OH is 4. The standard InChI is InChI=1S/C62H90O21/c1-27-13-33-7-9-37-28(2)14-35(69-37)11-12-62-50(66)20-47(81-62)57-58(68-26-64)59(83-62)56-38(74-57)10-8-34(71-56)15-51(67)77-55-32(6)54-45(73-44(55)16-39(70-33)31(27)5)19-43-48(76-54)23-61(78-43)24-49-53(82-61)30(4)22-60(80-49)21-29(3)52-46(79-60)18-41-42(75-52)17-40(72-41)36(65)25-63/h27,29-30,32-50,52-59,63-66H,2,5,7-26H2,1,3-4,6H3/t27-,29+,30+,32+,33+,34-,35+,36+,37+,38+,39-,40+,41-,42-,43-,44+,45+,46+,47?,48-,49+,50-,52+,53+,54+,55-,56+,57+,58-,59+,60-,61+,62+/m1/s1. The molecule has 4 N–H and O–H groups in total. The van der Waals surface area contributed by atoms with Crippen LogP contribution >= 0.6 is 0 Å². The first-order valence-corrected chi connectivity index (χ1v) is 32.0. The summed E-state index contributed by atoms with van der Waals surface area (Å²) >= 11 is 0. The molecule has 15 heterocycles. The van der Waals surface area contributed by atoms with Gasteiger partial charge in [0.1, 0.15) is 49.5 Å². The molecule has 464 valence electrons. The number of fused-ring (bicyclic) bond motifs is 14. The molecule has 0 radical (unpaired) electrons. The minimum absolute atomic E-state index is 0.0355. The van der Waals surface area contributed by atoms with Crippen LogP contribution in [0.25, 0.3) is 0 Å². The van der Waals surface area contributed by atoms with Gasteiger partial charge in [-0.2, -0.15) is 0 Å². The zero-order valence-corrected chi connectivity index (χ0v) is 48.6. The van der Waals surface area contributed by atoms with Crippen molar-refractivity contribution in [3.05, 3.63) is 24.3 Å². The van der Waals surface area contributed by atoms with Crippen molar-refractivity contribution in [1.29, 1.82) is 0 Å². The van der Waals surface area contributed by atoms with Gasteiger partial charge in [-0.25, -0.2) is 0 Å². The number of hydrogen-bond donors (Lipinski definition) is 4. The molecule has 0 aromatic carbocycles. The van der Waals surface area contributed by atoms with Crippen molar-refractivity contribution in [3.63, 3.8) is 0 Å². The van der Waals surface area contributed by atoms with Crippen LogP contribution in [0, 0.1) is 23.7 Å². The predicted octanol–water partition coefficient (Wildman–Crippen LogP) is 4.26. The Bertz CT molecular complexity index is 2430. The van der Waals surface area contributed by atoms with Crippen molar-refractivity contribution >= 4 is 5.97 Å². The zero-order chi connectivity index (χ0) is 57.0. The fraction of sp³-hybridized carbons (Fsp3) is 0.919. The van der Waals surface area contributed by atoms with Gasteiger partial charge in [-0.3, -0.25) is 4.79 Å². The molecule has 15 rings (SSSR count). The molecule has 0 aromatic heterocycles. The van der Waals surface area contributed by atoms with E-state index in [1.54, 1.807) is 0 Å². The van der Waals surface area contributed by atoms with Gasteiger partial charge in [0.25, 0.3) is 0 Å². The van der Waals surface area contributed by atoms with Crippen LogP contribution in [-0.2, 0) is 80.6 Å². The van der Waals surface area contributed by atoms with E-state index >= 15 is 0 Å². The minimum Gasteiger partial charge on any atom is -0.459 e. The lowest BCUT2D eigenvalue weighted by Gasteiger charge is -2.54. The van der Waals surface area contributed by atoms with E-state index in [9.17, 15) is 25.2 Å². The summed E-state index contributed by atoms with van der Waals surface area (Å²) in [6.45, 7) is 16.9. The number of esters is 1. The third-order valence-electron chi connectivity index (χ3n) is 22.6. The second-order valence-electron chi connectivity index (χ2n) is 28.2. The van der Waals surface area contributed by atoms with Crippen LogP contribution in [0.3, 0.4) is 0 Å². The smallest absolute Gasteiger partial charge is 0.308 e. The quantitative estimate of drug-likeness (QED) is 0.175. The van der Waals surface area contributed by atoms with Gasteiger partial charge in [-0.05, 0) is 73.8 Å². The molecule has 15 aliphatic heterocycles. The summed E-state index contributed by atoms with van der Waals surface area (Å²) in [6.07, 6.45) is -1.53. The van der Waals surface area contributed by atoms with Crippen LogP contribution in [0.4, 0.5) is 0 Å². The molecule has 33 atom stereocenters. The summed E-state index contributed by atoms with van der Waals surface area (Å²) in [5.41, 5.74) is 2.03. The maximum atomic E-state index is 14.7. The largest absolute Gasteiger partial charge is 0.459 e. The Morgan fingerprint density at radius 3 is 2.06 bits per heavy atom. The molecule has 10 bridgehead atoms. The second kappa shape index (κ2) is 22.0. The van der Waals surface area contributed by atoms with E-state index in [-0.39, 0.29) is 122 Å². The molecular formula is C62H90O21. The van der Waals surface area contributed by atoms with Gasteiger partial charge >= 0.3 is 5.97 Å². The van der Waals surface area contributed by atoms with E-state index < -0.39 is 109 Å². The average Bonchev–Trinajstić information content (AvgIpc) is 2.71. The van der Waals surface area contributed by atoms with Crippen molar-refractivity contribution < 1.29 is 101 Å². The molecule has 21 nitrogen and oxygen atoms in total. The van der Waals surface area contributed by atoms with E-state index in [1.807, 2.05) is 0 Å². The molecule has 15 aliphatic rings. The molecule has 3 spiro atoms. The summed E-state index contributed by atoms with van der Waals surface area (Å²) in [5.74, 6) is -3.43. The van der Waals surface area contributed by atoms with Gasteiger partial charge in [0.15, 0.2) is 17.4 Å². The van der Waals surface area contributed by atoms with Gasteiger partial charge in [0.05, 0.1) is 129 Å². The molecule has 15 saturated heterocycles. The minimum atomic E-state index is -1.39. The monoisotopic (exact) mass is 1170 g/mol. The van der Waals surface area contributed by atoms with Gasteiger partial charge in [-0.1, -0.05) is 40.9 Å². The van der Waals surface area contributed by atoms with Crippen molar-refractivity contribution in [1.82, 2.24) is 0 Å². The number of rotatable bonds is 4. The molecule has 0 aliphatic carbocycles. The number of aliphatic hydroxyl groups is 4. The Kier molecular flexibility index (Phi) is 15.3. The van der Waals surface area contributed by atoms with E-state index in [0.29, 0.717) is 83.5 Å². The highest BCUT2D eigenvalue weighted by atomic mass is 16.8. The molecule has 1 unspecified atom stereocenters. The highest BCUT2D eigenvalue weighted by Crippen LogP contribution is 2.57. The summed E-state index contributed by atoms with van der Waals surface area (Å²) in [4.78, 5) is 14.7. The van der Waals surface area contributed by atoms with Crippen molar-refractivity contribution in [3.8, 4) is 0 Å². The van der Waals surface area contributed by atoms with Crippen LogP contribution in [0.15, 0.2) is 24.3 Å². The van der Waals surface area contributed by atoms with Crippen LogP contribution in [0.2, 0.25) is 0 Å². The first-order chi connectivity index (χ1) is 39.9. The molecule has 0 amide bonds. The summed E-state index contributed by atoms with van der Waals surface area (Å²) < 4.78 is 109. The van der Waals surface area contributed by atoms with Crippen LogP contribution < -0.4 is 0 Å². The topological polar surface area (TPSA) is 246 Å². The Morgan fingerprint density at radius 2 is 1.23 bits per heavy atom. The second-order valence-corrected chi connectivity index (χ2v) is 28.2. The normalized spacial score (nSPS) is 56.9. The van der Waals surface area contributed by atoms with Gasteiger partial charge in [-0.15, -0.1) is 0 Å². The first-order valence-electron chi connectivity index (χ1n) is 32.0. The Morgan fingerprint density at radius 1 is 0.542 bits per heavy atom. The number of carbonyl (C=O) groups is 1. The SMILES string of the molecule is C=C1C[C@@H]2CC[C@@]34OC(C[C@H]3O)[C@@H]3O[C@H]5CC[C@H](CC(=O)O[C@@H]6[C@@H](C)[C@@H]7O[C@@H]8C[C@]9(C[C@@H]%10O[C@]%11(C[C@H](C)[C@@H]%12O[C@@H]%13C[C@@H]([C@@H](O)CO)O[C@@H]%13C[C@@H]%12O%11)C[C@H](C)[C@@H]%10O9)O[C@@H]8C[C@@H]7O[C@H]6C[C@H]6O[C@@H](CC[C@@H]1O2)C[C@@H](C)C6=C)O[C@@H]5[C@H](O4)[C@@H]3OCO. The van der Waals surface area contributed by atoms with E-state index in [4.69, 9.17) is 75.8 Å². The molecule has 0 saturated carbocycles. The maximum Gasteiger partial charge on any atom is 0.308 e. The van der Waals surface area contributed by atoms with Crippen LogP contribution in [0.1, 0.15) is 143 Å². The fourth-order valence-electron chi connectivity index (χ4n) is 18.6. The highest BCUT2D eigenvalue weighted by Gasteiger charge is 2.67. The maximum absolute atomic E-state index is 14.7.